The van der Waals surface area contributed by atoms with Gasteiger partial charge in [0.05, 0.1) is 38.9 Å². The molecule has 3 aliphatic rings. The van der Waals surface area contributed by atoms with Gasteiger partial charge >= 0.3 is 5.97 Å². The minimum Gasteiger partial charge on any atom is -0.497 e. The van der Waals surface area contributed by atoms with Gasteiger partial charge in [0, 0.05) is 25.2 Å². The predicted octanol–water partition coefficient (Wildman–Crippen LogP) is 1.48. The molecule has 2 fully saturated rings. The first-order chi connectivity index (χ1) is 22.1. The lowest BCUT2D eigenvalue weighted by molar-refractivity contribution is -0.324. The van der Waals surface area contributed by atoms with E-state index in [0.717, 1.165) is 0 Å². The average Bonchev–Trinajstić information content (AvgIpc) is 3.46. The quantitative estimate of drug-likeness (QED) is 0.215. The van der Waals surface area contributed by atoms with Gasteiger partial charge in [-0.3, -0.25) is 4.79 Å². The summed E-state index contributed by atoms with van der Waals surface area (Å²) in [6.45, 7) is -0.620. The van der Waals surface area contributed by atoms with Crippen molar-refractivity contribution in [1.82, 2.24) is 0 Å². The summed E-state index contributed by atoms with van der Waals surface area (Å²) >= 11 is 0. The van der Waals surface area contributed by atoms with E-state index in [1.807, 2.05) is 0 Å². The Kier molecular flexibility index (Phi) is 8.59. The van der Waals surface area contributed by atoms with Crippen molar-refractivity contribution >= 4 is 5.97 Å². The lowest BCUT2D eigenvalue weighted by Gasteiger charge is -2.40. The van der Waals surface area contributed by atoms with Gasteiger partial charge < -0.3 is 58.7 Å². The monoisotopic (exact) mass is 640 g/mol. The van der Waals surface area contributed by atoms with Crippen LogP contribution in [0.2, 0.25) is 0 Å². The fourth-order valence-corrected chi connectivity index (χ4v) is 6.99. The van der Waals surface area contributed by atoms with Crippen LogP contribution in [0.25, 0.3) is 0 Å². The molecule has 3 aromatic rings. The molecule has 0 amide bonds. The van der Waals surface area contributed by atoms with Crippen molar-refractivity contribution in [2.75, 3.05) is 34.5 Å². The van der Waals surface area contributed by atoms with E-state index in [2.05, 4.69) is 0 Å². The highest BCUT2D eigenvalue weighted by Gasteiger charge is 2.78. The van der Waals surface area contributed by atoms with E-state index in [-0.39, 0.29) is 29.4 Å². The summed E-state index contributed by atoms with van der Waals surface area (Å²) in [4.78, 5) is 12.9. The summed E-state index contributed by atoms with van der Waals surface area (Å²) in [5.74, 6) is -3.15. The third-order valence-corrected chi connectivity index (χ3v) is 9.06. The van der Waals surface area contributed by atoms with Crippen LogP contribution in [-0.4, -0.2) is 96.9 Å². The normalized spacial score (nSPS) is 32.2. The molecular weight excluding hydrogens is 604 g/mol. The highest BCUT2D eigenvalue weighted by molar-refractivity contribution is 5.77. The number of hydrogen-bond donors (Lipinski definition) is 5. The van der Waals surface area contributed by atoms with Gasteiger partial charge in [-0.25, -0.2) is 0 Å². The maximum atomic E-state index is 12.9. The number of hydrogen-bond acceptors (Lipinski definition) is 12. The van der Waals surface area contributed by atoms with Crippen LogP contribution in [0.4, 0.5) is 0 Å². The highest BCUT2D eigenvalue weighted by atomic mass is 16.8. The number of methoxy groups -OCH3 is 3. The molecule has 5 unspecified atom stereocenters. The summed E-state index contributed by atoms with van der Waals surface area (Å²) in [5.41, 5.74) is -3.26. The molecule has 3 aromatic carbocycles. The van der Waals surface area contributed by atoms with Crippen molar-refractivity contribution in [1.29, 1.82) is 0 Å². The number of fused-ring (bicyclic) bond motifs is 3. The van der Waals surface area contributed by atoms with Crippen LogP contribution < -0.4 is 18.9 Å². The van der Waals surface area contributed by atoms with Gasteiger partial charge in [-0.1, -0.05) is 42.5 Å². The van der Waals surface area contributed by atoms with Crippen LogP contribution in [0.1, 0.15) is 22.6 Å². The summed E-state index contributed by atoms with van der Waals surface area (Å²) < 4.78 is 40.7. The molecule has 0 bridgehead atoms. The SMILES string of the molecule is COc1ccc(C23Oc4cc(O[C@@H]5O[C@@H]([C@H](O)CO)CO[C@H]5OC)cc(OC)c4C2(O)C(O)C(C(=O)O)C3c2ccccc2)cc1. The Labute approximate surface area is 264 Å². The fraction of sp³-hybridized carbons (Fsp3) is 0.424. The molecule has 1 aliphatic carbocycles. The lowest BCUT2D eigenvalue weighted by atomic mass is 9.70. The molecule has 2 heterocycles. The number of rotatable bonds is 10. The van der Waals surface area contributed by atoms with E-state index in [9.17, 15) is 30.3 Å². The highest BCUT2D eigenvalue weighted by Crippen LogP contribution is 2.70. The van der Waals surface area contributed by atoms with Gasteiger partial charge in [0.15, 0.2) is 11.2 Å². The number of carbonyl (C=O) groups is 1. The summed E-state index contributed by atoms with van der Waals surface area (Å²) in [6, 6.07) is 18.3. The van der Waals surface area contributed by atoms with Crippen molar-refractivity contribution in [3.63, 3.8) is 0 Å². The van der Waals surface area contributed by atoms with Crippen LogP contribution >= 0.6 is 0 Å². The zero-order chi connectivity index (χ0) is 32.8. The summed E-state index contributed by atoms with van der Waals surface area (Å²) in [7, 11) is 4.25. The van der Waals surface area contributed by atoms with Crippen molar-refractivity contribution in [2.45, 2.75) is 48.0 Å². The van der Waals surface area contributed by atoms with Crippen molar-refractivity contribution < 1.29 is 63.5 Å². The second-order valence-electron chi connectivity index (χ2n) is 11.4. The Bertz CT molecular complexity index is 1550. The van der Waals surface area contributed by atoms with Gasteiger partial charge in [0.2, 0.25) is 6.29 Å². The number of carboxylic acids is 1. The van der Waals surface area contributed by atoms with Gasteiger partial charge in [-0.05, 0) is 23.3 Å². The van der Waals surface area contributed by atoms with Crippen LogP contribution in [0.3, 0.4) is 0 Å². The number of carboxylic acid groups (broad SMARTS) is 1. The minimum atomic E-state index is -2.33. The smallest absolute Gasteiger partial charge is 0.310 e. The Morgan fingerprint density at radius 2 is 1.72 bits per heavy atom. The third-order valence-electron chi connectivity index (χ3n) is 9.06. The van der Waals surface area contributed by atoms with Crippen molar-refractivity contribution in [3.8, 4) is 23.0 Å². The molecule has 5 N–H and O–H groups in total. The Morgan fingerprint density at radius 1 is 1.00 bits per heavy atom. The van der Waals surface area contributed by atoms with Gasteiger partial charge in [-0.15, -0.1) is 0 Å². The Morgan fingerprint density at radius 3 is 2.33 bits per heavy atom. The predicted molar refractivity (Wildman–Crippen MR) is 158 cm³/mol. The standard InChI is InChI=1S/C33H36O13/c1-40-19-11-9-18(10-12-19)33-26(17-7-5-4-6-8-17)25(29(37)38)28(36)32(33,39)27-22(41-2)13-20(14-23(27)46-33)44-31-30(42-3)43-16-24(45-31)21(35)15-34/h4-14,21,24-26,28,30-31,34-36,39H,15-16H2,1-3H3,(H,37,38)/t21-,24-,25?,26?,28?,30-,31-,32?,33?/m1/s1. The first kappa shape index (κ1) is 32.0. The molecule has 2 aliphatic heterocycles. The van der Waals surface area contributed by atoms with Gasteiger partial charge in [-0.2, -0.15) is 0 Å². The molecule has 0 aromatic heterocycles. The van der Waals surface area contributed by atoms with Crippen LogP contribution in [0.15, 0.2) is 66.7 Å². The summed E-state index contributed by atoms with van der Waals surface area (Å²) in [6.07, 6.45) is -6.21. The van der Waals surface area contributed by atoms with Crippen molar-refractivity contribution in [3.05, 3.63) is 83.4 Å². The zero-order valence-electron chi connectivity index (χ0n) is 25.3. The molecule has 46 heavy (non-hydrogen) atoms. The molecule has 9 atom stereocenters. The first-order valence-electron chi connectivity index (χ1n) is 14.6. The Balaban J connectivity index is 1.52. The molecule has 0 spiro atoms. The second kappa shape index (κ2) is 12.3. The molecule has 13 nitrogen and oxygen atoms in total. The summed E-state index contributed by atoms with van der Waals surface area (Å²) in [5, 5.41) is 54.8. The number of ether oxygens (including phenoxy) is 7. The average molecular weight is 641 g/mol. The first-order valence-corrected chi connectivity index (χ1v) is 14.6. The minimum absolute atomic E-state index is 0.0352. The third kappa shape index (κ3) is 4.78. The lowest BCUT2D eigenvalue weighted by Crippen LogP contribution is -2.52. The maximum absolute atomic E-state index is 12.9. The van der Waals surface area contributed by atoms with Crippen molar-refractivity contribution in [2.24, 2.45) is 5.92 Å². The van der Waals surface area contributed by atoms with Crippen LogP contribution in [-0.2, 0) is 30.2 Å². The largest absolute Gasteiger partial charge is 0.497 e. The van der Waals surface area contributed by atoms with Gasteiger partial charge in [0.1, 0.15) is 41.3 Å². The van der Waals surface area contributed by atoms with E-state index in [1.165, 1.54) is 33.5 Å². The second-order valence-corrected chi connectivity index (χ2v) is 11.4. The van der Waals surface area contributed by atoms with E-state index >= 15 is 0 Å². The molecule has 1 saturated heterocycles. The maximum Gasteiger partial charge on any atom is 0.310 e. The molecular formula is C33H36O13. The van der Waals surface area contributed by atoms with E-state index in [4.69, 9.17) is 33.2 Å². The number of aliphatic carboxylic acids is 1. The molecule has 6 rings (SSSR count). The van der Waals surface area contributed by atoms with Crippen LogP contribution in [0, 0.1) is 5.92 Å². The topological polar surface area (TPSA) is 183 Å². The Hall–Kier alpha value is -3.95. The molecule has 246 valence electrons. The molecule has 13 heteroatoms. The fourth-order valence-electron chi connectivity index (χ4n) is 6.99. The van der Waals surface area contributed by atoms with Gasteiger partial charge in [0.25, 0.3) is 6.29 Å². The number of benzene rings is 3. The van der Waals surface area contributed by atoms with E-state index in [0.29, 0.717) is 16.9 Å². The number of aliphatic hydroxyl groups excluding tert-OH is 3. The van der Waals surface area contributed by atoms with E-state index in [1.54, 1.807) is 54.6 Å². The number of aliphatic hydroxyl groups is 4. The molecule has 1 saturated carbocycles. The van der Waals surface area contributed by atoms with E-state index < -0.39 is 66.5 Å². The van der Waals surface area contributed by atoms with Crippen LogP contribution in [0.5, 0.6) is 23.0 Å². The molecule has 0 radical (unpaired) electrons. The zero-order valence-corrected chi connectivity index (χ0v) is 25.3.